The van der Waals surface area contributed by atoms with E-state index >= 15 is 0 Å². The molecule has 2 unspecified atom stereocenters. The molecule has 0 aliphatic heterocycles. The van der Waals surface area contributed by atoms with Crippen molar-refractivity contribution in [1.82, 2.24) is 4.98 Å². The number of aromatic nitrogens is 1. The molecule has 2 atom stereocenters. The minimum atomic E-state index is -0.931. The molecule has 1 heterocycles. The van der Waals surface area contributed by atoms with Crippen molar-refractivity contribution in [3.63, 3.8) is 0 Å². The SMILES string of the molecule is CC1CCCCC1N(C)c1ncc(Br)cc1C(=O)O. The molecule has 0 spiro atoms. The molecule has 1 aromatic rings. The summed E-state index contributed by atoms with van der Waals surface area (Å²) < 4.78 is 0.693. The second-order valence-corrected chi connectivity index (χ2v) is 6.19. The van der Waals surface area contributed by atoms with Gasteiger partial charge in [0.1, 0.15) is 11.4 Å². The molecule has 0 aromatic carbocycles. The first-order valence-corrected chi connectivity index (χ1v) is 7.41. The maximum atomic E-state index is 11.4. The summed E-state index contributed by atoms with van der Waals surface area (Å²) in [6, 6.07) is 2.00. The molecule has 1 aliphatic rings. The lowest BCUT2D eigenvalue weighted by atomic mass is 9.85. The highest BCUT2D eigenvalue weighted by Gasteiger charge is 2.28. The topological polar surface area (TPSA) is 53.4 Å². The molecule has 0 saturated heterocycles. The Labute approximate surface area is 122 Å². The molecule has 4 nitrogen and oxygen atoms in total. The van der Waals surface area contributed by atoms with Crippen LogP contribution in [0, 0.1) is 5.92 Å². The van der Waals surface area contributed by atoms with Gasteiger partial charge >= 0.3 is 5.97 Å². The minimum absolute atomic E-state index is 0.259. The number of hydrogen-bond donors (Lipinski definition) is 1. The quantitative estimate of drug-likeness (QED) is 0.922. The van der Waals surface area contributed by atoms with Crippen molar-refractivity contribution in [3.05, 3.63) is 22.3 Å². The Morgan fingerprint density at radius 3 is 2.79 bits per heavy atom. The zero-order valence-corrected chi connectivity index (χ0v) is 12.9. The molecule has 1 aromatic heterocycles. The fraction of sp³-hybridized carbons (Fsp3) is 0.571. The van der Waals surface area contributed by atoms with Gasteiger partial charge in [0.05, 0.1) is 0 Å². The number of carboxylic acids is 1. The van der Waals surface area contributed by atoms with Crippen molar-refractivity contribution in [2.75, 3.05) is 11.9 Å². The molecule has 2 rings (SSSR count). The number of aromatic carboxylic acids is 1. The number of carboxylic acid groups (broad SMARTS) is 1. The molecule has 1 saturated carbocycles. The van der Waals surface area contributed by atoms with Crippen LogP contribution in [0.5, 0.6) is 0 Å². The van der Waals surface area contributed by atoms with Gasteiger partial charge in [-0.2, -0.15) is 0 Å². The van der Waals surface area contributed by atoms with Crippen LogP contribution in [-0.2, 0) is 0 Å². The third kappa shape index (κ3) is 3.08. The van der Waals surface area contributed by atoms with Crippen LogP contribution in [0.2, 0.25) is 0 Å². The monoisotopic (exact) mass is 326 g/mol. The Morgan fingerprint density at radius 2 is 2.16 bits per heavy atom. The Kier molecular flexibility index (Phi) is 4.45. The molecule has 5 heteroatoms. The van der Waals surface area contributed by atoms with E-state index in [0.29, 0.717) is 22.3 Å². The second kappa shape index (κ2) is 5.90. The molecular weight excluding hydrogens is 308 g/mol. The normalized spacial score (nSPS) is 23.1. The predicted octanol–water partition coefficient (Wildman–Crippen LogP) is 3.56. The van der Waals surface area contributed by atoms with E-state index in [4.69, 9.17) is 0 Å². The van der Waals surface area contributed by atoms with Crippen molar-refractivity contribution in [2.24, 2.45) is 5.92 Å². The van der Waals surface area contributed by atoms with E-state index in [2.05, 4.69) is 27.8 Å². The molecule has 1 aliphatic carbocycles. The Bertz CT molecular complexity index is 479. The number of pyridine rings is 1. The lowest BCUT2D eigenvalue weighted by Crippen LogP contribution is -2.40. The van der Waals surface area contributed by atoms with Crippen molar-refractivity contribution >= 4 is 27.7 Å². The fourth-order valence-electron chi connectivity index (χ4n) is 2.90. The summed E-state index contributed by atoms with van der Waals surface area (Å²) in [6.45, 7) is 2.24. The zero-order valence-electron chi connectivity index (χ0n) is 11.3. The standard InChI is InChI=1S/C14H19BrN2O2/c1-9-5-3-4-6-12(9)17(2)13-11(14(18)19)7-10(15)8-16-13/h7-9,12H,3-6H2,1-2H3,(H,18,19). The van der Waals surface area contributed by atoms with Crippen LogP contribution in [0.25, 0.3) is 0 Å². The first-order chi connectivity index (χ1) is 9.00. The average molecular weight is 327 g/mol. The van der Waals surface area contributed by atoms with E-state index < -0.39 is 5.97 Å². The van der Waals surface area contributed by atoms with Crippen LogP contribution in [-0.4, -0.2) is 29.1 Å². The van der Waals surface area contributed by atoms with E-state index in [1.165, 1.54) is 19.3 Å². The van der Waals surface area contributed by atoms with Crippen LogP contribution in [0.15, 0.2) is 16.7 Å². The van der Waals surface area contributed by atoms with Gasteiger partial charge in [0.25, 0.3) is 0 Å². The highest BCUT2D eigenvalue weighted by atomic mass is 79.9. The summed E-state index contributed by atoms with van der Waals surface area (Å²) >= 11 is 3.28. The van der Waals surface area contributed by atoms with Gasteiger partial charge in [-0.15, -0.1) is 0 Å². The number of rotatable bonds is 3. The first-order valence-electron chi connectivity index (χ1n) is 6.62. The van der Waals surface area contributed by atoms with Crippen molar-refractivity contribution < 1.29 is 9.90 Å². The largest absolute Gasteiger partial charge is 0.478 e. The molecule has 0 bridgehead atoms. The summed E-state index contributed by atoms with van der Waals surface area (Å²) in [7, 11) is 1.95. The molecule has 0 amide bonds. The van der Waals surface area contributed by atoms with E-state index in [9.17, 15) is 9.90 Å². The van der Waals surface area contributed by atoms with Crippen molar-refractivity contribution in [2.45, 2.75) is 38.6 Å². The number of anilines is 1. The molecule has 1 fully saturated rings. The highest BCUT2D eigenvalue weighted by molar-refractivity contribution is 9.10. The average Bonchev–Trinajstić information content (AvgIpc) is 2.38. The van der Waals surface area contributed by atoms with E-state index in [1.54, 1.807) is 12.3 Å². The lowest BCUT2D eigenvalue weighted by Gasteiger charge is -2.37. The smallest absolute Gasteiger partial charge is 0.339 e. The van der Waals surface area contributed by atoms with Gasteiger partial charge in [-0.1, -0.05) is 19.8 Å². The predicted molar refractivity (Wildman–Crippen MR) is 78.7 cm³/mol. The minimum Gasteiger partial charge on any atom is -0.478 e. The number of carbonyl (C=O) groups is 1. The van der Waals surface area contributed by atoms with Crippen molar-refractivity contribution in [1.29, 1.82) is 0 Å². The summed E-state index contributed by atoms with van der Waals surface area (Å²) in [6.07, 6.45) is 6.44. The highest BCUT2D eigenvalue weighted by Crippen LogP contribution is 2.31. The van der Waals surface area contributed by atoms with Gasteiger partial charge in [0.2, 0.25) is 0 Å². The Balaban J connectivity index is 2.32. The van der Waals surface area contributed by atoms with Gasteiger partial charge in [-0.25, -0.2) is 9.78 Å². The van der Waals surface area contributed by atoms with Gasteiger partial charge in [0, 0.05) is 23.8 Å². The van der Waals surface area contributed by atoms with E-state index in [0.717, 1.165) is 6.42 Å². The fourth-order valence-corrected chi connectivity index (χ4v) is 3.23. The number of nitrogens with zero attached hydrogens (tertiary/aromatic N) is 2. The second-order valence-electron chi connectivity index (χ2n) is 5.27. The molecular formula is C14H19BrN2O2. The third-order valence-electron chi connectivity index (χ3n) is 3.96. The Morgan fingerprint density at radius 1 is 1.47 bits per heavy atom. The third-order valence-corrected chi connectivity index (χ3v) is 4.40. The van der Waals surface area contributed by atoms with Gasteiger partial charge in [-0.3, -0.25) is 0 Å². The van der Waals surface area contributed by atoms with Crippen LogP contribution in [0.3, 0.4) is 0 Å². The van der Waals surface area contributed by atoms with Crippen LogP contribution in [0.1, 0.15) is 43.0 Å². The number of hydrogen-bond acceptors (Lipinski definition) is 3. The molecule has 104 valence electrons. The number of halogens is 1. The summed E-state index contributed by atoms with van der Waals surface area (Å²) in [5, 5.41) is 9.32. The summed E-state index contributed by atoms with van der Waals surface area (Å²) in [4.78, 5) is 17.7. The van der Waals surface area contributed by atoms with Crippen LogP contribution in [0.4, 0.5) is 5.82 Å². The maximum absolute atomic E-state index is 11.4. The van der Waals surface area contributed by atoms with Gasteiger partial charge in [-0.05, 0) is 40.8 Å². The van der Waals surface area contributed by atoms with Gasteiger partial charge in [0.15, 0.2) is 0 Å². The lowest BCUT2D eigenvalue weighted by molar-refractivity contribution is 0.0697. The molecule has 0 radical (unpaired) electrons. The Hall–Kier alpha value is -1.10. The first kappa shape index (κ1) is 14.3. The van der Waals surface area contributed by atoms with E-state index in [-0.39, 0.29) is 5.56 Å². The molecule has 1 N–H and O–H groups in total. The summed E-state index contributed by atoms with van der Waals surface area (Å²) in [5.41, 5.74) is 0.259. The maximum Gasteiger partial charge on any atom is 0.339 e. The van der Waals surface area contributed by atoms with Crippen LogP contribution >= 0.6 is 15.9 Å². The van der Waals surface area contributed by atoms with Crippen LogP contribution < -0.4 is 4.90 Å². The van der Waals surface area contributed by atoms with Gasteiger partial charge < -0.3 is 10.0 Å². The zero-order chi connectivity index (χ0) is 14.0. The van der Waals surface area contributed by atoms with Crippen molar-refractivity contribution in [3.8, 4) is 0 Å². The molecule has 19 heavy (non-hydrogen) atoms. The summed E-state index contributed by atoms with van der Waals surface area (Å²) in [5.74, 6) is 0.208. The van der Waals surface area contributed by atoms with E-state index in [1.807, 2.05) is 11.9 Å².